The Labute approximate surface area is 105 Å². The molecule has 1 fully saturated rings. The van der Waals surface area contributed by atoms with Gasteiger partial charge in [0.15, 0.2) is 4.77 Å². The molecule has 1 saturated heterocycles. The Hall–Kier alpha value is -1.13. The van der Waals surface area contributed by atoms with Crippen LogP contribution in [0.2, 0.25) is 0 Å². The maximum atomic E-state index is 5.54. The molecule has 4 heteroatoms. The van der Waals surface area contributed by atoms with Gasteiger partial charge in [0, 0.05) is 6.61 Å². The molecule has 90 valence electrons. The number of nitrogens with one attached hydrogen (secondary N) is 1. The normalized spacial score (nSPS) is 24.6. The predicted molar refractivity (Wildman–Crippen MR) is 70.9 cm³/mol. The van der Waals surface area contributed by atoms with Crippen molar-refractivity contribution in [2.75, 3.05) is 13.2 Å². The molecule has 0 radical (unpaired) electrons. The van der Waals surface area contributed by atoms with Crippen LogP contribution in [0.25, 0.3) is 11.0 Å². The molecule has 1 aromatic heterocycles. The van der Waals surface area contributed by atoms with Crippen LogP contribution in [0.4, 0.5) is 0 Å². The first kappa shape index (κ1) is 11.0. The minimum absolute atomic E-state index is 0.0108. The fraction of sp³-hybridized carbons (Fsp3) is 0.462. The first-order valence-electron chi connectivity index (χ1n) is 5.90. The van der Waals surface area contributed by atoms with Crippen LogP contribution in [0.5, 0.6) is 0 Å². The van der Waals surface area contributed by atoms with E-state index in [1.165, 1.54) is 11.1 Å². The summed E-state index contributed by atoms with van der Waals surface area (Å²) in [6.07, 6.45) is 1.02. The van der Waals surface area contributed by atoms with E-state index in [0.29, 0.717) is 0 Å². The van der Waals surface area contributed by atoms with Crippen LogP contribution in [0.3, 0.4) is 0 Å². The number of H-pyrrole nitrogens is 1. The number of ether oxygens (including phenoxy) is 1. The van der Waals surface area contributed by atoms with E-state index in [9.17, 15) is 0 Å². The van der Waals surface area contributed by atoms with Gasteiger partial charge >= 0.3 is 0 Å². The van der Waals surface area contributed by atoms with Gasteiger partial charge in [0.05, 0.1) is 23.2 Å². The van der Waals surface area contributed by atoms with Crippen molar-refractivity contribution < 1.29 is 4.74 Å². The molecule has 17 heavy (non-hydrogen) atoms. The highest BCUT2D eigenvalue weighted by molar-refractivity contribution is 7.71. The number of nitrogens with zero attached hydrogens (tertiary/aromatic N) is 1. The minimum atomic E-state index is -0.0108. The van der Waals surface area contributed by atoms with Gasteiger partial charge in [-0.15, -0.1) is 0 Å². The second-order valence-corrected chi connectivity index (χ2v) is 5.42. The number of rotatable bonds is 1. The number of aryl methyl sites for hydroxylation is 1. The predicted octanol–water partition coefficient (Wildman–Crippen LogP) is 3.14. The molecule has 3 rings (SSSR count). The average molecular weight is 248 g/mol. The summed E-state index contributed by atoms with van der Waals surface area (Å²) < 4.78 is 8.55. The lowest BCUT2D eigenvalue weighted by atomic mass is 10.0. The lowest BCUT2D eigenvalue weighted by Crippen LogP contribution is -2.30. The summed E-state index contributed by atoms with van der Waals surface area (Å²) >= 11 is 5.47. The molecule has 1 aliphatic heterocycles. The molecule has 2 heterocycles. The molecule has 0 bridgehead atoms. The molecule has 2 aromatic rings. The molecule has 1 atom stereocenters. The largest absolute Gasteiger partial charge is 0.379 e. The zero-order valence-corrected chi connectivity index (χ0v) is 10.9. The van der Waals surface area contributed by atoms with E-state index in [1.54, 1.807) is 0 Å². The molecule has 0 saturated carbocycles. The molecule has 1 aliphatic rings. The molecule has 0 spiro atoms. The van der Waals surface area contributed by atoms with Gasteiger partial charge in [-0.3, -0.25) is 0 Å². The van der Waals surface area contributed by atoms with Gasteiger partial charge in [0.25, 0.3) is 0 Å². The fourth-order valence-corrected chi connectivity index (χ4v) is 3.06. The van der Waals surface area contributed by atoms with Crippen LogP contribution in [0.1, 0.15) is 18.9 Å². The van der Waals surface area contributed by atoms with Crippen molar-refractivity contribution in [3.63, 3.8) is 0 Å². The van der Waals surface area contributed by atoms with Crippen LogP contribution >= 0.6 is 12.2 Å². The quantitative estimate of drug-likeness (QED) is 0.786. The third-order valence-corrected chi connectivity index (χ3v) is 3.95. The van der Waals surface area contributed by atoms with Gasteiger partial charge < -0.3 is 14.3 Å². The van der Waals surface area contributed by atoms with Crippen LogP contribution in [-0.2, 0) is 10.3 Å². The SMILES string of the molecule is Cc1cccc2c1[nH]c(=S)n2C1(C)CCOC1. The van der Waals surface area contributed by atoms with Gasteiger partial charge in [0.2, 0.25) is 0 Å². The van der Waals surface area contributed by atoms with Gasteiger partial charge in [-0.2, -0.15) is 0 Å². The summed E-state index contributed by atoms with van der Waals surface area (Å²) in [5.74, 6) is 0. The standard InChI is InChI=1S/C13H16N2OS/c1-9-4-3-5-10-11(9)14-12(17)15(10)13(2)6-7-16-8-13/h3-5H,6-8H2,1-2H3,(H,14,17). The van der Waals surface area contributed by atoms with Crippen LogP contribution < -0.4 is 0 Å². The summed E-state index contributed by atoms with van der Waals surface area (Å²) in [4.78, 5) is 3.32. The summed E-state index contributed by atoms with van der Waals surface area (Å²) in [7, 11) is 0. The number of fused-ring (bicyclic) bond motifs is 1. The van der Waals surface area contributed by atoms with Gasteiger partial charge in [-0.25, -0.2) is 0 Å². The highest BCUT2D eigenvalue weighted by atomic mass is 32.1. The van der Waals surface area contributed by atoms with Crippen molar-refractivity contribution in [3.05, 3.63) is 28.5 Å². The van der Waals surface area contributed by atoms with Crippen molar-refractivity contribution in [2.45, 2.75) is 25.8 Å². The Balaban J connectivity index is 2.33. The van der Waals surface area contributed by atoms with Crippen LogP contribution in [-0.4, -0.2) is 22.8 Å². The van der Waals surface area contributed by atoms with E-state index < -0.39 is 0 Å². The second kappa shape index (κ2) is 3.68. The van der Waals surface area contributed by atoms with E-state index in [2.05, 4.69) is 41.6 Å². The number of aromatic amines is 1. The molecule has 0 aliphatic carbocycles. The molecule has 1 aromatic carbocycles. The Morgan fingerprint density at radius 1 is 1.47 bits per heavy atom. The fourth-order valence-electron chi connectivity index (χ4n) is 2.64. The Bertz CT molecular complexity index is 620. The van der Waals surface area contributed by atoms with Crippen molar-refractivity contribution in [1.29, 1.82) is 0 Å². The van der Waals surface area contributed by atoms with Gasteiger partial charge in [-0.1, -0.05) is 12.1 Å². The third kappa shape index (κ3) is 1.55. The number of hydrogen-bond acceptors (Lipinski definition) is 2. The first-order chi connectivity index (χ1) is 8.12. The zero-order valence-electron chi connectivity index (χ0n) is 10.1. The second-order valence-electron chi connectivity index (χ2n) is 5.03. The van der Waals surface area contributed by atoms with E-state index in [-0.39, 0.29) is 5.54 Å². The van der Waals surface area contributed by atoms with E-state index in [4.69, 9.17) is 17.0 Å². The Morgan fingerprint density at radius 3 is 3.00 bits per heavy atom. The summed E-state index contributed by atoms with van der Waals surface area (Å²) in [6.45, 7) is 5.87. The number of benzene rings is 1. The van der Waals surface area contributed by atoms with Crippen molar-refractivity contribution >= 4 is 23.3 Å². The number of aromatic nitrogens is 2. The number of para-hydroxylation sites is 1. The van der Waals surface area contributed by atoms with Crippen LogP contribution in [0, 0.1) is 11.7 Å². The van der Waals surface area contributed by atoms with Crippen molar-refractivity contribution in [2.24, 2.45) is 0 Å². The third-order valence-electron chi connectivity index (χ3n) is 3.66. The molecule has 0 amide bonds. The average Bonchev–Trinajstić information content (AvgIpc) is 2.83. The lowest BCUT2D eigenvalue weighted by Gasteiger charge is -2.24. The smallest absolute Gasteiger partial charge is 0.178 e. The summed E-state index contributed by atoms with van der Waals surface area (Å²) in [5, 5.41) is 0. The van der Waals surface area contributed by atoms with E-state index >= 15 is 0 Å². The van der Waals surface area contributed by atoms with Crippen molar-refractivity contribution in [1.82, 2.24) is 9.55 Å². The molecule has 1 unspecified atom stereocenters. The molecular weight excluding hydrogens is 232 g/mol. The topological polar surface area (TPSA) is 29.9 Å². The molecular formula is C13H16N2OS. The zero-order chi connectivity index (χ0) is 12.0. The van der Waals surface area contributed by atoms with Crippen molar-refractivity contribution in [3.8, 4) is 0 Å². The van der Waals surface area contributed by atoms with Crippen LogP contribution in [0.15, 0.2) is 18.2 Å². The maximum Gasteiger partial charge on any atom is 0.178 e. The minimum Gasteiger partial charge on any atom is -0.379 e. The summed E-state index contributed by atoms with van der Waals surface area (Å²) in [5.41, 5.74) is 3.55. The van der Waals surface area contributed by atoms with E-state index in [1.807, 2.05) is 0 Å². The number of hydrogen-bond donors (Lipinski definition) is 1. The van der Waals surface area contributed by atoms with E-state index in [0.717, 1.165) is 29.9 Å². The maximum absolute atomic E-state index is 5.54. The molecule has 1 N–H and O–H groups in total. The van der Waals surface area contributed by atoms with Gasteiger partial charge in [0.1, 0.15) is 0 Å². The number of imidazole rings is 1. The highest BCUT2D eigenvalue weighted by Gasteiger charge is 2.33. The van der Waals surface area contributed by atoms with Gasteiger partial charge in [-0.05, 0) is 44.1 Å². The Kier molecular flexibility index (Phi) is 2.38. The first-order valence-corrected chi connectivity index (χ1v) is 6.31. The Morgan fingerprint density at radius 2 is 2.29 bits per heavy atom. The highest BCUT2D eigenvalue weighted by Crippen LogP contribution is 2.31. The monoisotopic (exact) mass is 248 g/mol. The molecule has 3 nitrogen and oxygen atoms in total. The summed E-state index contributed by atoms with van der Waals surface area (Å²) in [6, 6.07) is 6.31. The lowest BCUT2D eigenvalue weighted by molar-refractivity contribution is 0.162.